The summed E-state index contributed by atoms with van der Waals surface area (Å²) in [4.78, 5) is 46.5. The molecule has 3 unspecified atom stereocenters. The Morgan fingerprint density at radius 3 is 1.73 bits per heavy atom. The van der Waals surface area contributed by atoms with Gasteiger partial charge >= 0.3 is 5.97 Å². The molecule has 3 atom stereocenters. The molecule has 0 spiro atoms. The predicted octanol–water partition coefficient (Wildman–Crippen LogP) is -4.40. The molecule has 0 aliphatic heterocycles. The van der Waals surface area contributed by atoms with Gasteiger partial charge in [-0.05, 0) is 25.8 Å². The molecule has 0 saturated heterocycles. The van der Waals surface area contributed by atoms with Crippen LogP contribution in [0.1, 0.15) is 19.3 Å². The molecule has 0 radical (unpaired) electrons. The van der Waals surface area contributed by atoms with Crippen molar-refractivity contribution in [3.8, 4) is 0 Å². The highest BCUT2D eigenvalue weighted by Crippen LogP contribution is 2.01. The zero-order chi connectivity index (χ0) is 20.1. The Morgan fingerprint density at radius 2 is 1.31 bits per heavy atom. The topological polar surface area (TPSA) is 217 Å². The monoisotopic (exact) mass is 377 g/mol. The fourth-order valence-corrected chi connectivity index (χ4v) is 1.94. The van der Waals surface area contributed by atoms with Crippen molar-refractivity contribution in [1.82, 2.24) is 16.0 Å². The number of aliphatic hydroxyl groups is 2. The van der Waals surface area contributed by atoms with Crippen LogP contribution in [0.15, 0.2) is 0 Å². The molecule has 0 aliphatic rings. The van der Waals surface area contributed by atoms with Crippen molar-refractivity contribution in [3.63, 3.8) is 0 Å². The van der Waals surface area contributed by atoms with Crippen molar-refractivity contribution in [3.05, 3.63) is 0 Å². The van der Waals surface area contributed by atoms with Crippen LogP contribution in [-0.4, -0.2) is 83.4 Å². The van der Waals surface area contributed by atoms with Gasteiger partial charge in [-0.25, -0.2) is 4.79 Å². The van der Waals surface area contributed by atoms with Crippen molar-refractivity contribution >= 4 is 23.7 Å². The van der Waals surface area contributed by atoms with Gasteiger partial charge in [0.25, 0.3) is 0 Å². The molecule has 0 bridgehead atoms. The van der Waals surface area contributed by atoms with Crippen LogP contribution in [-0.2, 0) is 19.2 Å². The summed E-state index contributed by atoms with van der Waals surface area (Å²) in [5, 5.41) is 34.0. The predicted molar refractivity (Wildman–Crippen MR) is 89.6 cm³/mol. The zero-order valence-corrected chi connectivity index (χ0v) is 14.3. The van der Waals surface area contributed by atoms with Crippen LogP contribution in [0.5, 0.6) is 0 Å². The fraction of sp³-hybridized carbons (Fsp3) is 0.714. The first-order valence-corrected chi connectivity index (χ1v) is 8.05. The number of nitrogens with two attached hydrogens (primary N) is 2. The summed E-state index contributed by atoms with van der Waals surface area (Å²) in [6.07, 6.45) is 1.19. The van der Waals surface area contributed by atoms with Gasteiger partial charge in [-0.2, -0.15) is 0 Å². The van der Waals surface area contributed by atoms with E-state index in [9.17, 15) is 24.3 Å². The molecule has 26 heavy (non-hydrogen) atoms. The van der Waals surface area contributed by atoms with Gasteiger partial charge in [0.1, 0.15) is 18.1 Å². The number of nitrogens with one attached hydrogen (secondary N) is 3. The van der Waals surface area contributed by atoms with Crippen molar-refractivity contribution in [2.75, 3.05) is 26.3 Å². The van der Waals surface area contributed by atoms with E-state index in [4.69, 9.17) is 21.7 Å². The second-order valence-corrected chi connectivity index (χ2v) is 5.43. The third-order valence-corrected chi connectivity index (χ3v) is 3.40. The lowest BCUT2D eigenvalue weighted by Gasteiger charge is -2.22. The van der Waals surface area contributed by atoms with Crippen LogP contribution in [0.25, 0.3) is 0 Å². The molecule has 0 aromatic rings. The number of carbonyl (C=O) groups is 4. The molecular weight excluding hydrogens is 350 g/mol. The number of aliphatic hydroxyl groups excluding tert-OH is 2. The highest BCUT2D eigenvalue weighted by molar-refractivity contribution is 5.93. The summed E-state index contributed by atoms with van der Waals surface area (Å²) in [5.41, 5.74) is 10.4. The minimum absolute atomic E-state index is 0.135. The van der Waals surface area contributed by atoms with Crippen LogP contribution < -0.4 is 27.4 Å². The van der Waals surface area contributed by atoms with Crippen LogP contribution in [0, 0.1) is 0 Å². The zero-order valence-electron chi connectivity index (χ0n) is 14.3. The average molecular weight is 377 g/mol. The van der Waals surface area contributed by atoms with E-state index in [2.05, 4.69) is 16.0 Å². The van der Waals surface area contributed by atoms with Gasteiger partial charge < -0.3 is 42.7 Å². The summed E-state index contributed by atoms with van der Waals surface area (Å²) >= 11 is 0. The normalized spacial score (nSPS) is 14.0. The second-order valence-electron chi connectivity index (χ2n) is 5.43. The van der Waals surface area contributed by atoms with E-state index in [1.165, 1.54) is 0 Å². The van der Waals surface area contributed by atoms with Crippen LogP contribution in [0.2, 0.25) is 0 Å². The Kier molecular flexibility index (Phi) is 11.9. The number of hydrogen-bond acceptors (Lipinski definition) is 8. The summed E-state index contributed by atoms with van der Waals surface area (Å²) in [7, 11) is 0. The van der Waals surface area contributed by atoms with E-state index in [0.717, 1.165) is 0 Å². The van der Waals surface area contributed by atoms with Gasteiger partial charge in [-0.1, -0.05) is 0 Å². The summed E-state index contributed by atoms with van der Waals surface area (Å²) in [6, 6.07) is -4.03. The molecule has 12 heteroatoms. The lowest BCUT2D eigenvalue weighted by atomic mass is 10.1. The molecule has 0 aromatic heterocycles. The average Bonchev–Trinajstić information content (AvgIpc) is 2.62. The van der Waals surface area contributed by atoms with Crippen LogP contribution in [0.3, 0.4) is 0 Å². The first-order chi connectivity index (χ1) is 12.3. The van der Waals surface area contributed by atoms with E-state index in [-0.39, 0.29) is 6.42 Å². The maximum atomic E-state index is 12.1. The molecular formula is C14H27N5O7. The molecule has 12 nitrogen and oxygen atoms in total. The number of amides is 3. The molecule has 0 saturated carbocycles. The summed E-state index contributed by atoms with van der Waals surface area (Å²) in [5.74, 6) is -3.81. The van der Waals surface area contributed by atoms with Gasteiger partial charge in [-0.15, -0.1) is 0 Å². The maximum absolute atomic E-state index is 12.1. The Morgan fingerprint density at radius 1 is 0.808 bits per heavy atom. The maximum Gasteiger partial charge on any atom is 0.326 e. The number of carboxylic acids is 1. The smallest absolute Gasteiger partial charge is 0.326 e. The SMILES string of the molecule is NCCCCC(NC(=O)C(CO)NC(=O)C(CO)NC(=O)CN)C(=O)O. The van der Waals surface area contributed by atoms with Crippen molar-refractivity contribution in [2.24, 2.45) is 11.5 Å². The van der Waals surface area contributed by atoms with Crippen molar-refractivity contribution < 1.29 is 34.5 Å². The largest absolute Gasteiger partial charge is 0.480 e. The third-order valence-electron chi connectivity index (χ3n) is 3.40. The number of carboxylic acid groups (broad SMARTS) is 1. The Balaban J connectivity index is 4.81. The molecule has 150 valence electrons. The van der Waals surface area contributed by atoms with Gasteiger partial charge in [0.05, 0.1) is 19.8 Å². The molecule has 0 aliphatic carbocycles. The van der Waals surface area contributed by atoms with E-state index >= 15 is 0 Å². The van der Waals surface area contributed by atoms with Crippen LogP contribution in [0.4, 0.5) is 0 Å². The number of aliphatic carboxylic acids is 1. The standard InChI is InChI=1S/C14H27N5O7/c15-4-2-1-3-8(14(25)26)18-13(24)10(7-21)19-12(23)9(6-20)17-11(22)5-16/h8-10,20-21H,1-7,15-16H2,(H,17,22)(H,18,24)(H,19,23)(H,25,26). The molecule has 3 amide bonds. The molecule has 0 heterocycles. The van der Waals surface area contributed by atoms with E-state index in [1.807, 2.05) is 0 Å². The minimum Gasteiger partial charge on any atom is -0.480 e. The quantitative estimate of drug-likeness (QED) is 0.145. The highest BCUT2D eigenvalue weighted by atomic mass is 16.4. The fourth-order valence-electron chi connectivity index (χ4n) is 1.94. The molecule has 0 fully saturated rings. The molecule has 10 N–H and O–H groups in total. The van der Waals surface area contributed by atoms with Crippen molar-refractivity contribution in [1.29, 1.82) is 0 Å². The lowest BCUT2D eigenvalue weighted by molar-refractivity contribution is -0.142. The number of unbranched alkanes of at least 4 members (excludes halogenated alkanes) is 1. The number of rotatable bonds is 13. The molecule has 0 aromatic carbocycles. The van der Waals surface area contributed by atoms with Crippen LogP contribution >= 0.6 is 0 Å². The first kappa shape index (κ1) is 23.7. The first-order valence-electron chi connectivity index (χ1n) is 8.05. The van der Waals surface area contributed by atoms with E-state index < -0.39 is 61.6 Å². The summed E-state index contributed by atoms with van der Waals surface area (Å²) in [6.45, 7) is -1.59. The van der Waals surface area contributed by atoms with Gasteiger partial charge in [-0.3, -0.25) is 14.4 Å². The Labute approximate surface area is 150 Å². The summed E-state index contributed by atoms with van der Waals surface area (Å²) < 4.78 is 0. The van der Waals surface area contributed by atoms with E-state index in [0.29, 0.717) is 19.4 Å². The second kappa shape index (κ2) is 13.0. The Bertz CT molecular complexity index is 488. The van der Waals surface area contributed by atoms with Gasteiger partial charge in [0.2, 0.25) is 17.7 Å². The third kappa shape index (κ3) is 8.71. The number of carbonyl (C=O) groups excluding carboxylic acids is 3. The van der Waals surface area contributed by atoms with Crippen molar-refractivity contribution in [2.45, 2.75) is 37.4 Å². The molecule has 0 rings (SSSR count). The lowest BCUT2D eigenvalue weighted by Crippen LogP contribution is -2.58. The van der Waals surface area contributed by atoms with Gasteiger partial charge in [0.15, 0.2) is 0 Å². The van der Waals surface area contributed by atoms with E-state index in [1.54, 1.807) is 0 Å². The number of hydrogen-bond donors (Lipinski definition) is 8. The Hall–Kier alpha value is -2.28. The highest BCUT2D eigenvalue weighted by Gasteiger charge is 2.28. The minimum atomic E-state index is -1.46. The van der Waals surface area contributed by atoms with Gasteiger partial charge in [0, 0.05) is 0 Å².